The van der Waals surface area contributed by atoms with E-state index in [1.807, 2.05) is 55.5 Å². The number of carbonyl (C=O) groups is 2. The van der Waals surface area contributed by atoms with Gasteiger partial charge in [0, 0.05) is 44.7 Å². The highest BCUT2D eigenvalue weighted by molar-refractivity contribution is 6.36. The van der Waals surface area contributed by atoms with Gasteiger partial charge in [0.25, 0.3) is 11.8 Å². The maximum Gasteiger partial charge on any atom is 0.278 e. The van der Waals surface area contributed by atoms with Gasteiger partial charge in [-0.05, 0) is 69.2 Å². The summed E-state index contributed by atoms with van der Waals surface area (Å²) in [6, 6.07) is 15.2. The van der Waals surface area contributed by atoms with E-state index in [0.29, 0.717) is 37.3 Å². The summed E-state index contributed by atoms with van der Waals surface area (Å²) in [6.07, 6.45) is 0.580. The number of ether oxygens (including phenoxy) is 2. The Morgan fingerprint density at radius 3 is 2.15 bits per heavy atom. The summed E-state index contributed by atoms with van der Waals surface area (Å²) in [4.78, 5) is 30.1. The van der Waals surface area contributed by atoms with Gasteiger partial charge >= 0.3 is 0 Å². The molecule has 0 bridgehead atoms. The van der Waals surface area contributed by atoms with Crippen LogP contribution in [0.25, 0.3) is 5.57 Å². The van der Waals surface area contributed by atoms with Crippen LogP contribution in [0.3, 0.4) is 0 Å². The smallest absolute Gasteiger partial charge is 0.278 e. The van der Waals surface area contributed by atoms with Crippen molar-refractivity contribution in [2.45, 2.75) is 27.2 Å². The number of rotatable bonds is 12. The van der Waals surface area contributed by atoms with Crippen molar-refractivity contribution in [3.63, 3.8) is 0 Å². The molecule has 176 valence electrons. The summed E-state index contributed by atoms with van der Waals surface area (Å²) < 4.78 is 10.6. The lowest BCUT2D eigenvalue weighted by molar-refractivity contribution is -0.136. The van der Waals surface area contributed by atoms with E-state index in [9.17, 15) is 9.59 Å². The number of hydrogen-bond donors (Lipinski definition) is 1. The summed E-state index contributed by atoms with van der Waals surface area (Å²) in [6.45, 7) is 9.32. The third kappa shape index (κ3) is 5.54. The van der Waals surface area contributed by atoms with Gasteiger partial charge in [0.2, 0.25) is 0 Å². The molecule has 0 radical (unpaired) electrons. The molecule has 0 saturated carbocycles. The van der Waals surface area contributed by atoms with Crippen molar-refractivity contribution in [3.05, 3.63) is 59.8 Å². The van der Waals surface area contributed by atoms with Gasteiger partial charge in [0.1, 0.15) is 11.4 Å². The van der Waals surface area contributed by atoms with Gasteiger partial charge in [-0.15, -0.1) is 0 Å². The first kappa shape index (κ1) is 24.3. The Hall–Kier alpha value is -3.32. The number of amides is 2. The van der Waals surface area contributed by atoms with Gasteiger partial charge in [-0.2, -0.15) is 0 Å². The lowest BCUT2D eigenvalue weighted by Gasteiger charge is -2.21. The number of imide groups is 1. The van der Waals surface area contributed by atoms with E-state index >= 15 is 0 Å². The van der Waals surface area contributed by atoms with Crippen LogP contribution in [0, 0.1) is 0 Å². The number of carbonyl (C=O) groups excluding carboxylic acids is 2. The molecule has 2 aromatic carbocycles. The predicted molar refractivity (Wildman–Crippen MR) is 131 cm³/mol. The number of anilines is 2. The minimum atomic E-state index is -0.326. The second kappa shape index (κ2) is 11.5. The van der Waals surface area contributed by atoms with Crippen molar-refractivity contribution in [1.29, 1.82) is 0 Å². The topological polar surface area (TPSA) is 71.1 Å². The lowest BCUT2D eigenvalue weighted by atomic mass is 10.0. The minimum Gasteiger partial charge on any atom is -0.494 e. The molecule has 1 aliphatic rings. The van der Waals surface area contributed by atoms with Gasteiger partial charge in [0.15, 0.2) is 0 Å². The number of benzene rings is 2. The molecule has 3 rings (SSSR count). The number of nitrogens with zero attached hydrogens (tertiary/aromatic N) is 2. The van der Waals surface area contributed by atoms with Crippen molar-refractivity contribution in [2.75, 3.05) is 50.2 Å². The largest absolute Gasteiger partial charge is 0.494 e. The maximum atomic E-state index is 13.3. The second-order valence-electron chi connectivity index (χ2n) is 7.66. The maximum absolute atomic E-state index is 13.3. The van der Waals surface area contributed by atoms with E-state index in [4.69, 9.17) is 9.47 Å². The Balaban J connectivity index is 1.93. The molecule has 1 aliphatic heterocycles. The number of nitrogens with one attached hydrogen (secondary N) is 1. The van der Waals surface area contributed by atoms with E-state index in [1.165, 1.54) is 4.90 Å². The van der Waals surface area contributed by atoms with Crippen LogP contribution < -0.4 is 15.0 Å². The fraction of sp³-hybridized carbons (Fsp3) is 0.385. The van der Waals surface area contributed by atoms with Crippen molar-refractivity contribution in [1.82, 2.24) is 4.90 Å². The van der Waals surface area contributed by atoms with Crippen molar-refractivity contribution >= 4 is 28.8 Å². The fourth-order valence-electron chi connectivity index (χ4n) is 3.90. The molecular weight excluding hydrogens is 418 g/mol. The van der Waals surface area contributed by atoms with Gasteiger partial charge in [0.05, 0.1) is 12.2 Å². The van der Waals surface area contributed by atoms with Crippen LogP contribution >= 0.6 is 0 Å². The average Bonchev–Trinajstić information content (AvgIpc) is 3.06. The molecule has 7 nitrogen and oxygen atoms in total. The van der Waals surface area contributed by atoms with Gasteiger partial charge in [-0.25, -0.2) is 0 Å². The van der Waals surface area contributed by atoms with Gasteiger partial charge < -0.3 is 19.7 Å². The zero-order valence-corrected chi connectivity index (χ0v) is 19.9. The zero-order valence-electron chi connectivity index (χ0n) is 19.9. The van der Waals surface area contributed by atoms with Crippen molar-refractivity contribution < 1.29 is 19.1 Å². The quantitative estimate of drug-likeness (QED) is 0.386. The standard InChI is InChI=1S/C26H33N3O4/c1-5-28(6-2)21-13-11-20(12-14-21)27-24-23(19-9-15-22(16-10-19)33-7-3)25(30)29(26(24)31)17-8-18-32-4/h9-16,27H,5-8,17-18H2,1-4H3. The molecule has 0 saturated heterocycles. The lowest BCUT2D eigenvalue weighted by Crippen LogP contribution is -2.33. The molecule has 0 atom stereocenters. The van der Waals surface area contributed by atoms with E-state index in [-0.39, 0.29) is 17.5 Å². The highest BCUT2D eigenvalue weighted by atomic mass is 16.5. The molecule has 0 unspecified atom stereocenters. The molecule has 7 heteroatoms. The molecule has 0 aliphatic carbocycles. The third-order valence-electron chi connectivity index (χ3n) is 5.62. The highest BCUT2D eigenvalue weighted by Gasteiger charge is 2.38. The Morgan fingerprint density at radius 2 is 1.58 bits per heavy atom. The van der Waals surface area contributed by atoms with Crippen molar-refractivity contribution in [2.24, 2.45) is 0 Å². The molecule has 0 fully saturated rings. The monoisotopic (exact) mass is 451 g/mol. The Labute approximate surface area is 196 Å². The SMILES string of the molecule is CCOc1ccc(C2=C(Nc3ccc(N(CC)CC)cc3)C(=O)N(CCCOC)C2=O)cc1. The number of methoxy groups -OCH3 is 1. The molecule has 2 amide bonds. The van der Waals surface area contributed by atoms with Crippen LogP contribution in [-0.2, 0) is 14.3 Å². The molecule has 0 aromatic heterocycles. The second-order valence-corrected chi connectivity index (χ2v) is 7.66. The van der Waals surface area contributed by atoms with Crippen LogP contribution in [0.2, 0.25) is 0 Å². The summed E-state index contributed by atoms with van der Waals surface area (Å²) in [5.41, 5.74) is 3.20. The van der Waals surface area contributed by atoms with E-state index < -0.39 is 0 Å². The first-order valence-corrected chi connectivity index (χ1v) is 11.5. The summed E-state index contributed by atoms with van der Waals surface area (Å²) in [5.74, 6) is 0.0902. The molecule has 1 heterocycles. The van der Waals surface area contributed by atoms with E-state index in [0.717, 1.165) is 30.2 Å². The van der Waals surface area contributed by atoms with E-state index in [1.54, 1.807) is 7.11 Å². The fourth-order valence-corrected chi connectivity index (χ4v) is 3.90. The summed E-state index contributed by atoms with van der Waals surface area (Å²) >= 11 is 0. The summed E-state index contributed by atoms with van der Waals surface area (Å²) in [5, 5.41) is 3.22. The highest BCUT2D eigenvalue weighted by Crippen LogP contribution is 2.32. The zero-order chi connectivity index (χ0) is 23.8. The van der Waals surface area contributed by atoms with Crippen molar-refractivity contribution in [3.8, 4) is 5.75 Å². The number of hydrogen-bond acceptors (Lipinski definition) is 6. The van der Waals surface area contributed by atoms with Crippen LogP contribution in [0.4, 0.5) is 11.4 Å². The summed E-state index contributed by atoms with van der Waals surface area (Å²) in [7, 11) is 1.60. The van der Waals surface area contributed by atoms with Crippen LogP contribution in [0.15, 0.2) is 54.2 Å². The Bertz CT molecular complexity index is 980. The van der Waals surface area contributed by atoms with Crippen LogP contribution in [-0.4, -0.2) is 56.7 Å². The van der Waals surface area contributed by atoms with E-state index in [2.05, 4.69) is 24.1 Å². The molecule has 33 heavy (non-hydrogen) atoms. The average molecular weight is 452 g/mol. The van der Waals surface area contributed by atoms with Crippen LogP contribution in [0.1, 0.15) is 32.8 Å². The minimum absolute atomic E-state index is 0.289. The normalized spacial score (nSPS) is 13.6. The van der Waals surface area contributed by atoms with Gasteiger partial charge in [-0.1, -0.05) is 12.1 Å². The molecule has 1 N–H and O–H groups in total. The third-order valence-corrected chi connectivity index (χ3v) is 5.62. The van der Waals surface area contributed by atoms with Crippen LogP contribution in [0.5, 0.6) is 5.75 Å². The first-order chi connectivity index (χ1) is 16.0. The molecule has 2 aromatic rings. The molecular formula is C26H33N3O4. The van der Waals surface area contributed by atoms with Gasteiger partial charge in [-0.3, -0.25) is 14.5 Å². The Kier molecular flexibility index (Phi) is 8.49. The predicted octanol–water partition coefficient (Wildman–Crippen LogP) is 4.16. The molecule has 0 spiro atoms. The first-order valence-electron chi connectivity index (χ1n) is 11.5. The Morgan fingerprint density at radius 1 is 0.909 bits per heavy atom.